The van der Waals surface area contributed by atoms with Crippen LogP contribution in [0.4, 0.5) is 0 Å². The first-order chi connectivity index (χ1) is 17.5. The number of nitrogens with zero attached hydrogens (tertiary/aromatic N) is 1. The topological polar surface area (TPSA) is 99.6 Å². The highest BCUT2D eigenvalue weighted by Crippen LogP contribution is 2.40. The Hall–Kier alpha value is -4.50. The summed E-state index contributed by atoms with van der Waals surface area (Å²) < 4.78 is 45.6. The molecule has 36 heavy (non-hydrogen) atoms. The Bertz CT molecular complexity index is 2040. The van der Waals surface area contributed by atoms with E-state index in [1.54, 1.807) is 73.8 Å². The van der Waals surface area contributed by atoms with Crippen LogP contribution in [0.1, 0.15) is 0 Å². The smallest absolute Gasteiger partial charge is 0.268 e. The molecule has 3 heterocycles. The van der Waals surface area contributed by atoms with Crippen molar-refractivity contribution in [2.24, 2.45) is 0 Å². The Labute approximate surface area is 204 Å². The molecule has 7 rings (SSSR count). The van der Waals surface area contributed by atoms with Crippen molar-refractivity contribution in [3.8, 4) is 17.2 Å². The van der Waals surface area contributed by atoms with E-state index in [0.29, 0.717) is 55.3 Å². The van der Waals surface area contributed by atoms with Crippen LogP contribution in [-0.2, 0) is 10.0 Å². The van der Waals surface area contributed by atoms with Crippen molar-refractivity contribution in [3.63, 3.8) is 0 Å². The molecule has 0 unspecified atom stereocenters. The Kier molecular flexibility index (Phi) is 4.20. The molecule has 0 fully saturated rings. The Morgan fingerprint density at radius 2 is 1.56 bits per heavy atom. The summed E-state index contributed by atoms with van der Waals surface area (Å²) in [6.45, 7) is 0.101. The maximum absolute atomic E-state index is 13.9. The van der Waals surface area contributed by atoms with Crippen molar-refractivity contribution in [1.82, 2.24) is 8.96 Å². The lowest BCUT2D eigenvalue weighted by Gasteiger charge is -2.11. The van der Waals surface area contributed by atoms with E-state index in [0.717, 1.165) is 5.39 Å². The van der Waals surface area contributed by atoms with Crippen molar-refractivity contribution >= 4 is 53.5 Å². The number of aromatic nitrogens is 2. The molecule has 1 N–H and O–H groups in total. The summed E-state index contributed by atoms with van der Waals surface area (Å²) in [6.07, 6.45) is 0. The molecule has 1 aliphatic rings. The lowest BCUT2D eigenvalue weighted by molar-refractivity contribution is 0.174. The maximum Gasteiger partial charge on any atom is 0.268 e. The first-order valence-electron chi connectivity index (χ1n) is 11.2. The van der Waals surface area contributed by atoms with Crippen molar-refractivity contribution in [1.29, 1.82) is 0 Å². The number of hydrogen-bond donors (Lipinski definition) is 1. The molecule has 4 aromatic carbocycles. The highest BCUT2D eigenvalue weighted by Gasteiger charge is 2.25. The van der Waals surface area contributed by atoms with Gasteiger partial charge in [-0.3, -0.25) is 4.79 Å². The van der Waals surface area contributed by atoms with E-state index in [1.165, 1.54) is 3.97 Å². The van der Waals surface area contributed by atoms with Gasteiger partial charge in [-0.25, -0.2) is 12.4 Å². The number of rotatable bonds is 3. The van der Waals surface area contributed by atoms with E-state index in [-0.39, 0.29) is 17.2 Å². The lowest BCUT2D eigenvalue weighted by atomic mass is 10.0. The Morgan fingerprint density at radius 1 is 0.806 bits per heavy atom. The van der Waals surface area contributed by atoms with E-state index in [9.17, 15) is 13.2 Å². The van der Waals surface area contributed by atoms with Crippen LogP contribution < -0.4 is 19.8 Å². The zero-order chi connectivity index (χ0) is 24.6. The molecule has 0 radical (unpaired) electrons. The molecule has 0 spiro atoms. The minimum atomic E-state index is -3.96. The molecule has 1 aliphatic heterocycles. The summed E-state index contributed by atoms with van der Waals surface area (Å²) in [7, 11) is -2.41. The molecule has 8 nitrogen and oxygen atoms in total. The zero-order valence-corrected chi connectivity index (χ0v) is 19.8. The van der Waals surface area contributed by atoms with E-state index in [2.05, 4.69) is 4.98 Å². The fraction of sp³-hybridized carbons (Fsp3) is 0.0741. The van der Waals surface area contributed by atoms with Gasteiger partial charge in [-0.15, -0.1) is 0 Å². The summed E-state index contributed by atoms with van der Waals surface area (Å²) in [5.74, 6) is 1.70. The van der Waals surface area contributed by atoms with E-state index >= 15 is 0 Å². The normalized spacial score (nSPS) is 13.2. The molecule has 0 atom stereocenters. The predicted octanol–water partition coefficient (Wildman–Crippen LogP) is 4.76. The standard InChI is InChI=1S/C27H18N2O6S/c1-33-15-7-8-23-19(9-15)20-10-21-17(11-24(20)29(23)36(31,32)16-5-3-2-4-6-16)18-12-25-26(35-14-34-25)13-22(18)28-27(21)30/h2-13H,14H2,1H3,(H,28,30). The van der Waals surface area contributed by atoms with Crippen molar-refractivity contribution < 1.29 is 22.6 Å². The Morgan fingerprint density at radius 3 is 2.33 bits per heavy atom. The number of hydrogen-bond acceptors (Lipinski definition) is 6. The van der Waals surface area contributed by atoms with Gasteiger partial charge in [0, 0.05) is 27.6 Å². The second-order valence-electron chi connectivity index (χ2n) is 8.59. The molecule has 0 amide bonds. The number of pyridine rings is 1. The number of benzene rings is 4. The van der Waals surface area contributed by atoms with Gasteiger partial charge in [-0.1, -0.05) is 18.2 Å². The summed E-state index contributed by atoms with van der Waals surface area (Å²) in [5.41, 5.74) is 1.24. The highest BCUT2D eigenvalue weighted by molar-refractivity contribution is 7.90. The number of fused-ring (bicyclic) bond motifs is 7. The first-order valence-corrected chi connectivity index (χ1v) is 12.6. The molecule has 178 valence electrons. The molecule has 0 saturated carbocycles. The maximum atomic E-state index is 13.9. The van der Waals surface area contributed by atoms with Crippen LogP contribution in [0.15, 0.2) is 82.5 Å². The largest absolute Gasteiger partial charge is 0.497 e. The van der Waals surface area contributed by atoms with Gasteiger partial charge in [0.1, 0.15) is 5.75 Å². The predicted molar refractivity (Wildman–Crippen MR) is 137 cm³/mol. The van der Waals surface area contributed by atoms with Crippen LogP contribution in [-0.4, -0.2) is 31.3 Å². The lowest BCUT2D eigenvalue weighted by Crippen LogP contribution is -2.13. The number of methoxy groups -OCH3 is 1. The molecular formula is C27H18N2O6S. The van der Waals surface area contributed by atoms with Crippen molar-refractivity contribution in [2.75, 3.05) is 13.9 Å². The van der Waals surface area contributed by atoms with Crippen LogP contribution in [0.5, 0.6) is 17.2 Å². The molecule has 0 saturated heterocycles. The molecule has 0 bridgehead atoms. The minimum absolute atomic E-state index is 0.101. The van der Waals surface area contributed by atoms with Crippen LogP contribution >= 0.6 is 0 Å². The van der Waals surface area contributed by atoms with Gasteiger partial charge in [-0.2, -0.15) is 0 Å². The number of ether oxygens (including phenoxy) is 3. The molecular weight excluding hydrogens is 480 g/mol. The monoisotopic (exact) mass is 498 g/mol. The van der Waals surface area contributed by atoms with Crippen LogP contribution in [0.3, 0.4) is 0 Å². The first kappa shape index (κ1) is 20.8. The fourth-order valence-electron chi connectivity index (χ4n) is 4.96. The van der Waals surface area contributed by atoms with Gasteiger partial charge >= 0.3 is 0 Å². The average Bonchev–Trinajstić information content (AvgIpc) is 3.48. The van der Waals surface area contributed by atoms with Crippen molar-refractivity contribution in [3.05, 3.63) is 83.2 Å². The molecule has 2 aromatic heterocycles. The summed E-state index contributed by atoms with van der Waals surface area (Å²) in [6, 6.07) is 20.6. The third-order valence-electron chi connectivity index (χ3n) is 6.64. The van der Waals surface area contributed by atoms with Crippen LogP contribution in [0, 0.1) is 0 Å². The molecule has 0 aliphatic carbocycles. The summed E-state index contributed by atoms with van der Waals surface area (Å²) in [4.78, 5) is 16.2. The van der Waals surface area contributed by atoms with Gasteiger partial charge in [0.15, 0.2) is 11.5 Å². The van der Waals surface area contributed by atoms with Gasteiger partial charge < -0.3 is 19.2 Å². The van der Waals surface area contributed by atoms with E-state index < -0.39 is 10.0 Å². The van der Waals surface area contributed by atoms with E-state index in [4.69, 9.17) is 14.2 Å². The van der Waals surface area contributed by atoms with Crippen molar-refractivity contribution in [2.45, 2.75) is 4.90 Å². The van der Waals surface area contributed by atoms with Gasteiger partial charge in [0.05, 0.1) is 28.6 Å². The number of nitrogens with one attached hydrogen (secondary N) is 1. The number of aromatic amines is 1. The van der Waals surface area contributed by atoms with Gasteiger partial charge in [-0.05, 0) is 53.9 Å². The fourth-order valence-corrected chi connectivity index (χ4v) is 6.50. The van der Waals surface area contributed by atoms with E-state index in [1.807, 2.05) is 6.07 Å². The number of H-pyrrole nitrogens is 1. The molecule has 6 aromatic rings. The summed E-state index contributed by atoms with van der Waals surface area (Å²) >= 11 is 0. The SMILES string of the molecule is COc1ccc2c(c1)c1cc3c(=O)[nH]c4cc5c(cc4c3cc1n2S(=O)(=O)c1ccccc1)OCO5. The summed E-state index contributed by atoms with van der Waals surface area (Å²) in [5, 5.41) is 3.06. The third kappa shape index (κ3) is 2.80. The Balaban J connectivity index is 1.68. The quantitative estimate of drug-likeness (QED) is 0.353. The zero-order valence-electron chi connectivity index (χ0n) is 18.9. The van der Waals surface area contributed by atoms with Crippen LogP contribution in [0.2, 0.25) is 0 Å². The second kappa shape index (κ2) is 7.25. The average molecular weight is 499 g/mol. The van der Waals surface area contributed by atoms with Crippen LogP contribution in [0.25, 0.3) is 43.5 Å². The minimum Gasteiger partial charge on any atom is -0.497 e. The molecule has 9 heteroatoms. The second-order valence-corrected chi connectivity index (χ2v) is 10.4. The highest BCUT2D eigenvalue weighted by atomic mass is 32.2. The van der Waals surface area contributed by atoms with Gasteiger partial charge in [0.25, 0.3) is 15.6 Å². The third-order valence-corrected chi connectivity index (χ3v) is 8.39. The van der Waals surface area contributed by atoms with Gasteiger partial charge in [0.2, 0.25) is 6.79 Å².